The van der Waals surface area contributed by atoms with E-state index in [9.17, 15) is 26.3 Å². The molecule has 0 aliphatic carbocycles. The first-order valence-corrected chi connectivity index (χ1v) is 7.84. The van der Waals surface area contributed by atoms with Crippen LogP contribution < -0.4 is 0 Å². The molecule has 4 aromatic rings. The lowest BCUT2D eigenvalue weighted by atomic mass is 10.1. The second-order valence-electron chi connectivity index (χ2n) is 5.91. The topological polar surface area (TPSA) is 69.1 Å². The largest absolute Gasteiger partial charge is 0.433 e. The number of fused-ring (bicyclic) bond motifs is 3. The van der Waals surface area contributed by atoms with E-state index in [-0.39, 0.29) is 11.7 Å². The Morgan fingerprint density at radius 3 is 2.39 bits per heavy atom. The van der Waals surface area contributed by atoms with Gasteiger partial charge in [-0.05, 0) is 24.6 Å². The third-order valence-corrected chi connectivity index (χ3v) is 4.04. The summed E-state index contributed by atoms with van der Waals surface area (Å²) >= 11 is 0. The molecule has 4 aromatic heterocycles. The monoisotopic (exact) mass is 401 g/mol. The summed E-state index contributed by atoms with van der Waals surface area (Å²) in [6, 6.07) is 2.37. The van der Waals surface area contributed by atoms with E-state index in [1.165, 1.54) is 12.3 Å². The quantitative estimate of drug-likeness (QED) is 0.484. The van der Waals surface area contributed by atoms with Gasteiger partial charge >= 0.3 is 12.4 Å². The molecular formula is C16H9F6N5O. The normalized spacial score (nSPS) is 12.9. The highest BCUT2D eigenvalue weighted by Gasteiger charge is 2.39. The molecule has 6 nitrogen and oxygen atoms in total. The molecule has 0 bridgehead atoms. The molecule has 0 unspecified atom stereocenters. The summed E-state index contributed by atoms with van der Waals surface area (Å²) in [5, 5.41) is 6.77. The standard InChI is InChI=1S/C16H9F6N5O/c17-15(18,19)10-5-11(16(20,21)22)25-14-9(10)2-3-12-24-8(6-27(12)14)1-4-13-26-23-7-28-13/h2-3,5-7H,1,4H2. The van der Waals surface area contributed by atoms with Gasteiger partial charge in [-0.25, -0.2) is 9.97 Å². The number of alkyl halides is 6. The van der Waals surface area contributed by atoms with E-state index in [0.29, 0.717) is 24.4 Å². The van der Waals surface area contributed by atoms with Gasteiger partial charge < -0.3 is 4.42 Å². The van der Waals surface area contributed by atoms with Crippen LogP contribution in [0.15, 0.2) is 35.2 Å². The number of hydrogen-bond donors (Lipinski definition) is 0. The second-order valence-corrected chi connectivity index (χ2v) is 5.91. The molecule has 0 aliphatic rings. The third-order valence-electron chi connectivity index (χ3n) is 4.04. The zero-order valence-electron chi connectivity index (χ0n) is 13.7. The Morgan fingerprint density at radius 1 is 0.964 bits per heavy atom. The van der Waals surface area contributed by atoms with E-state index in [4.69, 9.17) is 4.42 Å². The fraction of sp³-hybridized carbons (Fsp3) is 0.250. The van der Waals surface area contributed by atoms with Crippen molar-refractivity contribution in [2.24, 2.45) is 0 Å². The maximum absolute atomic E-state index is 13.3. The number of imidazole rings is 1. The molecule has 0 saturated carbocycles. The van der Waals surface area contributed by atoms with Gasteiger partial charge in [-0.15, -0.1) is 10.2 Å². The molecule has 0 saturated heterocycles. The lowest BCUT2D eigenvalue weighted by molar-refractivity contribution is -0.144. The summed E-state index contributed by atoms with van der Waals surface area (Å²) in [7, 11) is 0. The number of hydrogen-bond acceptors (Lipinski definition) is 5. The van der Waals surface area contributed by atoms with Gasteiger partial charge in [0.15, 0.2) is 0 Å². The minimum Gasteiger partial charge on any atom is -0.428 e. The van der Waals surface area contributed by atoms with Gasteiger partial charge in [-0.2, -0.15) is 26.3 Å². The van der Waals surface area contributed by atoms with Crippen molar-refractivity contribution in [2.75, 3.05) is 0 Å². The number of nitrogens with zero attached hydrogens (tertiary/aromatic N) is 5. The number of rotatable bonds is 3. The van der Waals surface area contributed by atoms with Crippen LogP contribution in [0.5, 0.6) is 0 Å². The van der Waals surface area contributed by atoms with Crippen LogP contribution in [0.25, 0.3) is 16.7 Å². The average molecular weight is 401 g/mol. The molecule has 0 aromatic carbocycles. The maximum atomic E-state index is 13.3. The van der Waals surface area contributed by atoms with E-state index >= 15 is 0 Å². The van der Waals surface area contributed by atoms with Crippen molar-refractivity contribution >= 4 is 16.7 Å². The first-order chi connectivity index (χ1) is 13.1. The molecule has 0 radical (unpaired) electrons. The van der Waals surface area contributed by atoms with Crippen LogP contribution in [0.3, 0.4) is 0 Å². The Morgan fingerprint density at radius 2 is 1.75 bits per heavy atom. The summed E-state index contributed by atoms with van der Waals surface area (Å²) in [5.41, 5.74) is -2.91. The van der Waals surface area contributed by atoms with Crippen LogP contribution in [0.1, 0.15) is 22.8 Å². The zero-order chi connectivity index (χ0) is 20.1. The molecule has 4 heterocycles. The number of aryl methyl sites for hydroxylation is 2. The highest BCUT2D eigenvalue weighted by atomic mass is 19.4. The van der Waals surface area contributed by atoms with Gasteiger partial charge in [0.05, 0.1) is 11.3 Å². The van der Waals surface area contributed by atoms with Crippen molar-refractivity contribution in [2.45, 2.75) is 25.2 Å². The molecule has 146 valence electrons. The van der Waals surface area contributed by atoms with Gasteiger partial charge in [-0.3, -0.25) is 4.40 Å². The first kappa shape index (κ1) is 18.2. The molecule has 28 heavy (non-hydrogen) atoms. The summed E-state index contributed by atoms with van der Waals surface area (Å²) in [4.78, 5) is 7.65. The number of halogens is 6. The van der Waals surface area contributed by atoms with Crippen molar-refractivity contribution in [1.82, 2.24) is 24.6 Å². The van der Waals surface area contributed by atoms with E-state index in [0.717, 1.165) is 16.9 Å². The van der Waals surface area contributed by atoms with Gasteiger partial charge in [0.25, 0.3) is 0 Å². The van der Waals surface area contributed by atoms with Crippen molar-refractivity contribution in [3.8, 4) is 0 Å². The smallest absolute Gasteiger partial charge is 0.428 e. The molecule has 0 spiro atoms. The molecule has 0 aliphatic heterocycles. The van der Waals surface area contributed by atoms with Gasteiger partial charge in [0.2, 0.25) is 12.3 Å². The summed E-state index contributed by atoms with van der Waals surface area (Å²) in [5.74, 6) is 0.332. The Bertz CT molecular complexity index is 1150. The first-order valence-electron chi connectivity index (χ1n) is 7.84. The maximum Gasteiger partial charge on any atom is 0.433 e. The average Bonchev–Trinajstić information content (AvgIpc) is 3.26. The van der Waals surface area contributed by atoms with Crippen LogP contribution in [-0.2, 0) is 25.2 Å². The van der Waals surface area contributed by atoms with E-state index < -0.39 is 34.6 Å². The lowest BCUT2D eigenvalue weighted by Gasteiger charge is -2.14. The minimum absolute atomic E-state index is 0.0155. The molecule has 0 amide bonds. The summed E-state index contributed by atoms with van der Waals surface area (Å²) in [6.45, 7) is 0. The second kappa shape index (κ2) is 6.17. The molecule has 0 N–H and O–H groups in total. The number of pyridine rings is 2. The molecule has 0 atom stereocenters. The fourth-order valence-electron chi connectivity index (χ4n) is 2.82. The van der Waals surface area contributed by atoms with Crippen molar-refractivity contribution in [1.29, 1.82) is 0 Å². The van der Waals surface area contributed by atoms with Gasteiger partial charge in [-0.1, -0.05) is 0 Å². The van der Waals surface area contributed by atoms with Crippen LogP contribution in [-0.4, -0.2) is 24.6 Å². The highest BCUT2D eigenvalue weighted by molar-refractivity contribution is 5.83. The van der Waals surface area contributed by atoms with Crippen LogP contribution in [0.4, 0.5) is 26.3 Å². The lowest BCUT2D eigenvalue weighted by Crippen LogP contribution is -2.14. The van der Waals surface area contributed by atoms with E-state index in [1.807, 2.05) is 0 Å². The van der Waals surface area contributed by atoms with Gasteiger partial charge in [0, 0.05) is 18.0 Å². The predicted molar refractivity (Wildman–Crippen MR) is 82.2 cm³/mol. The summed E-state index contributed by atoms with van der Waals surface area (Å²) < 4.78 is 85.3. The number of aromatic nitrogens is 5. The SMILES string of the molecule is FC(F)(F)c1cc(C(F)(F)F)c2ccc3nc(CCc4nnco4)cn3c2n1. The van der Waals surface area contributed by atoms with Crippen LogP contribution >= 0.6 is 0 Å². The van der Waals surface area contributed by atoms with E-state index in [1.54, 1.807) is 0 Å². The third kappa shape index (κ3) is 3.25. The molecule has 12 heteroatoms. The Kier molecular flexibility index (Phi) is 4.01. The van der Waals surface area contributed by atoms with Crippen LogP contribution in [0.2, 0.25) is 0 Å². The summed E-state index contributed by atoms with van der Waals surface area (Å²) in [6.07, 6.45) is -6.89. The van der Waals surface area contributed by atoms with Crippen molar-refractivity contribution in [3.05, 3.63) is 53.6 Å². The predicted octanol–water partition coefficient (Wildman–Crippen LogP) is 4.09. The van der Waals surface area contributed by atoms with E-state index in [2.05, 4.69) is 20.2 Å². The zero-order valence-corrected chi connectivity index (χ0v) is 13.7. The molecule has 0 fully saturated rings. The molecule has 4 rings (SSSR count). The van der Waals surface area contributed by atoms with Crippen LogP contribution in [0, 0.1) is 0 Å². The molecular weight excluding hydrogens is 392 g/mol. The van der Waals surface area contributed by atoms with Gasteiger partial charge in [0.1, 0.15) is 17.0 Å². The van der Waals surface area contributed by atoms with Crippen molar-refractivity contribution < 1.29 is 30.8 Å². The minimum atomic E-state index is -5.03. The van der Waals surface area contributed by atoms with Crippen molar-refractivity contribution in [3.63, 3.8) is 0 Å². The Hall–Kier alpha value is -3.18. The Balaban J connectivity index is 1.87. The Labute approximate surface area is 151 Å². The fourth-order valence-corrected chi connectivity index (χ4v) is 2.82. The highest BCUT2D eigenvalue weighted by Crippen LogP contribution is 2.38.